The minimum Gasteiger partial charge on any atom is -0.395 e. The summed E-state index contributed by atoms with van der Waals surface area (Å²) in [5.41, 5.74) is 5.27. The van der Waals surface area contributed by atoms with Crippen LogP contribution in [0.15, 0.2) is 0 Å². The summed E-state index contributed by atoms with van der Waals surface area (Å²) in [6, 6.07) is 0. The number of alkyl halides is 3. The lowest BCUT2D eigenvalue weighted by Crippen LogP contribution is -2.44. The first-order valence-corrected chi connectivity index (χ1v) is 5.98. The minimum absolute atomic E-state index is 0.214. The molecule has 0 heterocycles. The van der Waals surface area contributed by atoms with E-state index in [9.17, 15) is 18.0 Å². The van der Waals surface area contributed by atoms with Crippen LogP contribution in [0.3, 0.4) is 0 Å². The van der Waals surface area contributed by atoms with E-state index in [4.69, 9.17) is 10.8 Å². The fourth-order valence-corrected chi connectivity index (χ4v) is 1.41. The third-order valence-corrected chi connectivity index (χ3v) is 2.50. The number of amides is 1. The average Bonchev–Trinajstić information content (AvgIpc) is 2.23. The minimum atomic E-state index is -4.41. The van der Waals surface area contributed by atoms with Crippen molar-refractivity contribution in [3.05, 3.63) is 0 Å². The van der Waals surface area contributed by atoms with Crippen molar-refractivity contribution >= 4 is 23.1 Å². The van der Waals surface area contributed by atoms with E-state index >= 15 is 0 Å². The van der Waals surface area contributed by atoms with Gasteiger partial charge in [0, 0.05) is 26.6 Å². The van der Waals surface area contributed by atoms with Crippen LogP contribution in [-0.2, 0) is 4.79 Å². The molecule has 19 heavy (non-hydrogen) atoms. The highest BCUT2D eigenvalue weighted by Crippen LogP contribution is 2.16. The maximum atomic E-state index is 12.3. The maximum absolute atomic E-state index is 12.3. The monoisotopic (exact) mass is 301 g/mol. The van der Waals surface area contributed by atoms with Gasteiger partial charge in [-0.05, 0) is 0 Å². The van der Waals surface area contributed by atoms with Crippen molar-refractivity contribution < 1.29 is 23.1 Å². The van der Waals surface area contributed by atoms with E-state index in [1.807, 2.05) is 0 Å². The van der Waals surface area contributed by atoms with Crippen LogP contribution in [0, 0.1) is 0 Å². The molecule has 0 rings (SSSR count). The summed E-state index contributed by atoms with van der Waals surface area (Å²) < 4.78 is 36.8. The van der Waals surface area contributed by atoms with Crippen LogP contribution in [0.25, 0.3) is 0 Å². The highest BCUT2D eigenvalue weighted by atomic mass is 32.1. The van der Waals surface area contributed by atoms with Crippen molar-refractivity contribution in [1.82, 2.24) is 9.80 Å². The smallest absolute Gasteiger partial charge is 0.395 e. The quantitative estimate of drug-likeness (QED) is 0.617. The third kappa shape index (κ3) is 9.62. The molecular formula is C10H18F3N3O2S. The molecule has 0 aliphatic carbocycles. The highest BCUT2D eigenvalue weighted by molar-refractivity contribution is 7.80. The number of likely N-dealkylation sites (N-methyl/N-ethyl adjacent to an activating group) is 1. The lowest BCUT2D eigenvalue weighted by Gasteiger charge is -2.25. The molecule has 0 saturated heterocycles. The van der Waals surface area contributed by atoms with E-state index < -0.39 is 31.8 Å². The van der Waals surface area contributed by atoms with E-state index in [2.05, 4.69) is 12.2 Å². The number of aliphatic hydroxyl groups is 1. The number of nitrogens with two attached hydrogens (primary N) is 1. The molecule has 0 aromatic rings. The maximum Gasteiger partial charge on any atom is 0.401 e. The number of aliphatic hydroxyl groups excluding tert-OH is 1. The summed E-state index contributed by atoms with van der Waals surface area (Å²) in [6.07, 6.45) is -4.09. The lowest BCUT2D eigenvalue weighted by molar-refractivity contribution is -0.151. The molecular weight excluding hydrogens is 283 g/mol. The van der Waals surface area contributed by atoms with Gasteiger partial charge in [-0.15, -0.1) is 0 Å². The zero-order valence-electron chi connectivity index (χ0n) is 10.6. The Bertz CT molecular complexity index is 313. The first kappa shape index (κ1) is 18.1. The molecule has 112 valence electrons. The van der Waals surface area contributed by atoms with Crippen LogP contribution in [0.2, 0.25) is 0 Å². The van der Waals surface area contributed by atoms with Gasteiger partial charge in [0.25, 0.3) is 0 Å². The Morgan fingerprint density at radius 3 is 2.37 bits per heavy atom. The molecule has 3 N–H and O–H groups in total. The summed E-state index contributed by atoms with van der Waals surface area (Å²) in [5, 5.41) is 8.69. The molecule has 0 atom stereocenters. The molecule has 0 aliphatic rings. The second-order valence-electron chi connectivity index (χ2n) is 4.08. The van der Waals surface area contributed by atoms with Gasteiger partial charge in [0.15, 0.2) is 0 Å². The van der Waals surface area contributed by atoms with Gasteiger partial charge in [-0.1, -0.05) is 12.2 Å². The number of rotatable bonds is 8. The summed E-state index contributed by atoms with van der Waals surface area (Å²) in [5.74, 6) is -0.478. The fourth-order valence-electron chi connectivity index (χ4n) is 1.32. The van der Waals surface area contributed by atoms with Crippen molar-refractivity contribution in [2.24, 2.45) is 5.73 Å². The second kappa shape index (κ2) is 8.28. The number of thiocarbonyl (C=S) groups is 1. The molecule has 0 aliphatic heterocycles. The number of hydrogen-bond donors (Lipinski definition) is 2. The predicted molar refractivity (Wildman–Crippen MR) is 68.6 cm³/mol. The number of hydrogen-bond acceptors (Lipinski definition) is 4. The van der Waals surface area contributed by atoms with E-state index in [0.29, 0.717) is 6.42 Å². The predicted octanol–water partition coefficient (Wildman–Crippen LogP) is -0.0224. The summed E-state index contributed by atoms with van der Waals surface area (Å²) in [4.78, 5) is 14.0. The molecule has 0 saturated carbocycles. The van der Waals surface area contributed by atoms with Crippen LogP contribution in [0.5, 0.6) is 0 Å². The van der Waals surface area contributed by atoms with Crippen LogP contribution >= 0.6 is 12.2 Å². The van der Waals surface area contributed by atoms with Gasteiger partial charge in [-0.2, -0.15) is 13.2 Å². The zero-order valence-corrected chi connectivity index (χ0v) is 11.4. The van der Waals surface area contributed by atoms with Crippen LogP contribution < -0.4 is 5.73 Å². The van der Waals surface area contributed by atoms with Gasteiger partial charge in [0.05, 0.1) is 24.7 Å². The van der Waals surface area contributed by atoms with Gasteiger partial charge < -0.3 is 15.7 Å². The van der Waals surface area contributed by atoms with Gasteiger partial charge >= 0.3 is 6.18 Å². The Labute approximate surface area is 115 Å². The molecule has 0 fully saturated rings. The first-order valence-electron chi connectivity index (χ1n) is 5.58. The number of carbonyl (C=O) groups excluding carboxylic acids is 1. The topological polar surface area (TPSA) is 69.8 Å². The Kier molecular flexibility index (Phi) is 7.88. The van der Waals surface area contributed by atoms with Crippen LogP contribution in [0.4, 0.5) is 13.2 Å². The molecule has 5 nitrogen and oxygen atoms in total. The molecule has 0 aromatic heterocycles. The lowest BCUT2D eigenvalue weighted by atomic mass is 10.3. The van der Waals surface area contributed by atoms with E-state index in [1.165, 1.54) is 11.9 Å². The van der Waals surface area contributed by atoms with Gasteiger partial charge in [-0.25, -0.2) is 0 Å². The van der Waals surface area contributed by atoms with Crippen molar-refractivity contribution in [2.45, 2.75) is 12.6 Å². The normalized spacial score (nSPS) is 11.7. The number of nitrogens with zero attached hydrogens (tertiary/aromatic N) is 2. The molecule has 0 aromatic carbocycles. The molecule has 0 unspecified atom stereocenters. The Morgan fingerprint density at radius 1 is 1.37 bits per heavy atom. The third-order valence-electron chi connectivity index (χ3n) is 2.30. The molecule has 9 heteroatoms. The first-order chi connectivity index (χ1) is 8.65. The van der Waals surface area contributed by atoms with Crippen molar-refractivity contribution in [2.75, 3.05) is 39.8 Å². The van der Waals surface area contributed by atoms with Crippen molar-refractivity contribution in [1.29, 1.82) is 0 Å². The molecule has 0 bridgehead atoms. The zero-order chi connectivity index (χ0) is 15.1. The van der Waals surface area contributed by atoms with E-state index in [-0.39, 0.29) is 18.1 Å². The Morgan fingerprint density at radius 2 is 1.95 bits per heavy atom. The molecule has 1 amide bonds. The highest BCUT2D eigenvalue weighted by Gasteiger charge is 2.31. The van der Waals surface area contributed by atoms with Crippen LogP contribution in [0.1, 0.15) is 6.42 Å². The van der Waals surface area contributed by atoms with E-state index in [0.717, 1.165) is 4.90 Å². The molecule has 0 spiro atoms. The SMILES string of the molecule is CN(CCC(N)=S)C(=O)CN(CCO)CC(F)(F)F. The van der Waals surface area contributed by atoms with Crippen molar-refractivity contribution in [3.63, 3.8) is 0 Å². The molecule has 0 radical (unpaired) electrons. The van der Waals surface area contributed by atoms with Gasteiger partial charge in [0.2, 0.25) is 5.91 Å². The summed E-state index contributed by atoms with van der Waals surface area (Å²) >= 11 is 4.65. The average molecular weight is 301 g/mol. The fraction of sp³-hybridized carbons (Fsp3) is 0.800. The summed E-state index contributed by atoms with van der Waals surface area (Å²) in [6.45, 7) is -2.04. The van der Waals surface area contributed by atoms with E-state index in [1.54, 1.807) is 0 Å². The largest absolute Gasteiger partial charge is 0.401 e. The number of halogens is 3. The second-order valence-corrected chi connectivity index (χ2v) is 4.61. The Hall–Kier alpha value is -0.930. The van der Waals surface area contributed by atoms with Gasteiger partial charge in [0.1, 0.15) is 0 Å². The van der Waals surface area contributed by atoms with Crippen molar-refractivity contribution in [3.8, 4) is 0 Å². The standard InChI is InChI=1S/C10H18F3N3O2S/c1-15(3-2-8(14)19)9(18)6-16(4-5-17)7-10(11,12)13/h17H,2-7H2,1H3,(H2,14,19). The Balaban J connectivity index is 4.33. The van der Waals surface area contributed by atoms with Crippen LogP contribution in [-0.4, -0.2) is 71.8 Å². The summed E-state index contributed by atoms with van der Waals surface area (Å²) in [7, 11) is 1.46. The van der Waals surface area contributed by atoms with Gasteiger partial charge in [-0.3, -0.25) is 9.69 Å². The number of carbonyl (C=O) groups is 1.